The second kappa shape index (κ2) is 5.84. The summed E-state index contributed by atoms with van der Waals surface area (Å²) in [5.74, 6) is 0.0716. The monoisotopic (exact) mass is 226 g/mol. The van der Waals surface area contributed by atoms with Crippen LogP contribution in [0.4, 0.5) is 0 Å². The summed E-state index contributed by atoms with van der Waals surface area (Å²) in [6.45, 7) is 1.33. The van der Waals surface area contributed by atoms with E-state index < -0.39 is 12.2 Å². The fourth-order valence-corrected chi connectivity index (χ4v) is 1.48. The molecule has 90 valence electrons. The number of aryl methyl sites for hydroxylation is 1. The third-order valence-corrected chi connectivity index (χ3v) is 2.60. The summed E-state index contributed by atoms with van der Waals surface area (Å²) in [6, 6.07) is 4.96. The van der Waals surface area contributed by atoms with Gasteiger partial charge in [0, 0.05) is 5.56 Å². The first-order valence-corrected chi connectivity index (χ1v) is 5.32. The number of aromatic hydroxyl groups is 1. The molecule has 0 aliphatic heterocycles. The van der Waals surface area contributed by atoms with Crippen molar-refractivity contribution in [3.63, 3.8) is 0 Å². The Morgan fingerprint density at radius 1 is 1.25 bits per heavy atom. The molecule has 16 heavy (non-hydrogen) atoms. The van der Waals surface area contributed by atoms with Crippen molar-refractivity contribution in [1.82, 2.24) is 0 Å². The lowest BCUT2D eigenvalue weighted by Gasteiger charge is -2.13. The maximum atomic E-state index is 9.42. The first kappa shape index (κ1) is 13.0. The van der Waals surface area contributed by atoms with Gasteiger partial charge in [0.15, 0.2) is 0 Å². The highest BCUT2D eigenvalue weighted by Gasteiger charge is 2.11. The molecule has 1 aromatic rings. The van der Waals surface area contributed by atoms with E-state index in [9.17, 15) is 10.2 Å². The van der Waals surface area contributed by atoms with E-state index in [2.05, 4.69) is 0 Å². The number of phenols is 1. The van der Waals surface area contributed by atoms with Crippen LogP contribution in [0.25, 0.3) is 0 Å². The molecular formula is C12H18O4. The lowest BCUT2D eigenvalue weighted by atomic mass is 10.0. The van der Waals surface area contributed by atoms with Crippen molar-refractivity contribution in [2.24, 2.45) is 0 Å². The van der Waals surface area contributed by atoms with Crippen LogP contribution in [0.3, 0.4) is 0 Å². The second-order valence-electron chi connectivity index (χ2n) is 3.97. The highest BCUT2D eigenvalue weighted by atomic mass is 16.3. The number of aliphatic hydroxyl groups is 3. The first-order chi connectivity index (χ1) is 7.54. The van der Waals surface area contributed by atoms with Gasteiger partial charge in [0.2, 0.25) is 0 Å². The van der Waals surface area contributed by atoms with E-state index in [1.165, 1.54) is 6.07 Å². The highest BCUT2D eigenvalue weighted by Crippen LogP contribution is 2.19. The average Bonchev–Trinajstić information content (AvgIpc) is 2.27. The molecule has 0 amide bonds. The molecule has 4 N–H and O–H groups in total. The van der Waals surface area contributed by atoms with E-state index in [-0.39, 0.29) is 12.4 Å². The number of hydrogen-bond donors (Lipinski definition) is 4. The van der Waals surface area contributed by atoms with E-state index in [0.29, 0.717) is 18.4 Å². The molecule has 4 nitrogen and oxygen atoms in total. The Morgan fingerprint density at radius 2 is 1.94 bits per heavy atom. The van der Waals surface area contributed by atoms with Crippen LogP contribution in [-0.4, -0.2) is 32.6 Å². The zero-order valence-electron chi connectivity index (χ0n) is 9.30. The predicted octanol–water partition coefficient (Wildman–Crippen LogP) is 0.559. The maximum Gasteiger partial charge on any atom is 0.121 e. The van der Waals surface area contributed by atoms with Crippen molar-refractivity contribution in [3.05, 3.63) is 29.3 Å². The van der Waals surface area contributed by atoms with Crippen molar-refractivity contribution in [3.8, 4) is 5.75 Å². The van der Waals surface area contributed by atoms with Crippen molar-refractivity contribution in [1.29, 1.82) is 0 Å². The fraction of sp³-hybridized carbons (Fsp3) is 0.500. The van der Waals surface area contributed by atoms with Crippen molar-refractivity contribution in [2.75, 3.05) is 0 Å². The van der Waals surface area contributed by atoms with Crippen LogP contribution in [0, 0.1) is 0 Å². The summed E-state index contributed by atoms with van der Waals surface area (Å²) in [5.41, 5.74) is 1.39. The van der Waals surface area contributed by atoms with Crippen molar-refractivity contribution >= 4 is 0 Å². The minimum absolute atomic E-state index is 0.0716. The average molecular weight is 226 g/mol. The van der Waals surface area contributed by atoms with Gasteiger partial charge in [-0.2, -0.15) is 0 Å². The van der Waals surface area contributed by atoms with E-state index in [0.717, 1.165) is 5.56 Å². The molecule has 0 heterocycles. The van der Waals surface area contributed by atoms with Crippen molar-refractivity contribution in [2.45, 2.75) is 38.6 Å². The molecule has 1 rings (SSSR count). The Bertz CT molecular complexity index is 336. The first-order valence-electron chi connectivity index (χ1n) is 5.32. The minimum atomic E-state index is -0.744. The Kier molecular flexibility index (Phi) is 4.73. The summed E-state index contributed by atoms with van der Waals surface area (Å²) < 4.78 is 0. The number of hydrogen-bond acceptors (Lipinski definition) is 4. The maximum absolute atomic E-state index is 9.42. The van der Waals surface area contributed by atoms with E-state index >= 15 is 0 Å². The molecule has 1 aromatic carbocycles. The Morgan fingerprint density at radius 3 is 2.50 bits per heavy atom. The van der Waals surface area contributed by atoms with E-state index in [1.807, 2.05) is 0 Å². The molecular weight excluding hydrogens is 208 g/mol. The predicted molar refractivity (Wildman–Crippen MR) is 60.0 cm³/mol. The van der Waals surface area contributed by atoms with Crippen LogP contribution < -0.4 is 0 Å². The molecule has 0 spiro atoms. The molecule has 0 saturated heterocycles. The van der Waals surface area contributed by atoms with Crippen LogP contribution in [0.2, 0.25) is 0 Å². The van der Waals surface area contributed by atoms with Gasteiger partial charge in [-0.1, -0.05) is 6.07 Å². The molecule has 0 fully saturated rings. The number of rotatable bonds is 5. The zero-order chi connectivity index (χ0) is 12.1. The normalized spacial score (nSPS) is 14.8. The van der Waals surface area contributed by atoms with Gasteiger partial charge in [-0.15, -0.1) is 0 Å². The highest BCUT2D eigenvalue weighted by molar-refractivity contribution is 5.35. The summed E-state index contributed by atoms with van der Waals surface area (Å²) >= 11 is 0. The van der Waals surface area contributed by atoms with Gasteiger partial charge in [-0.05, 0) is 37.5 Å². The van der Waals surface area contributed by atoms with Crippen LogP contribution in [-0.2, 0) is 13.0 Å². The largest absolute Gasteiger partial charge is 0.508 e. The molecule has 2 atom stereocenters. The lowest BCUT2D eigenvalue weighted by molar-refractivity contribution is 0.0265. The van der Waals surface area contributed by atoms with E-state index in [4.69, 9.17) is 10.2 Å². The summed E-state index contributed by atoms with van der Waals surface area (Å²) in [6.07, 6.45) is -0.437. The van der Waals surface area contributed by atoms with Gasteiger partial charge < -0.3 is 20.4 Å². The van der Waals surface area contributed by atoms with Gasteiger partial charge in [0.05, 0.1) is 18.8 Å². The number of aliphatic hydroxyl groups excluding tert-OH is 3. The molecule has 2 unspecified atom stereocenters. The standard InChI is InChI=1S/C12H18O4/c1-8(14)11(15)4-2-9-3-5-12(16)10(6-9)7-13/h3,5-6,8,11,13-16H,2,4,7H2,1H3. The third kappa shape index (κ3) is 3.48. The molecule has 0 aromatic heterocycles. The molecule has 0 aliphatic carbocycles. The van der Waals surface area contributed by atoms with Crippen LogP contribution in [0.1, 0.15) is 24.5 Å². The van der Waals surface area contributed by atoms with Crippen LogP contribution >= 0.6 is 0 Å². The molecule has 0 bridgehead atoms. The topological polar surface area (TPSA) is 80.9 Å². The van der Waals surface area contributed by atoms with Crippen LogP contribution in [0.15, 0.2) is 18.2 Å². The minimum Gasteiger partial charge on any atom is -0.508 e. The molecule has 0 saturated carbocycles. The van der Waals surface area contributed by atoms with Crippen molar-refractivity contribution < 1.29 is 20.4 Å². The molecule has 4 heteroatoms. The molecule has 0 radical (unpaired) electrons. The SMILES string of the molecule is CC(O)C(O)CCc1ccc(O)c(CO)c1. The second-order valence-corrected chi connectivity index (χ2v) is 3.97. The van der Waals surface area contributed by atoms with Gasteiger partial charge in [0.1, 0.15) is 5.75 Å². The Labute approximate surface area is 94.8 Å². The van der Waals surface area contributed by atoms with Gasteiger partial charge in [-0.25, -0.2) is 0 Å². The van der Waals surface area contributed by atoms with E-state index in [1.54, 1.807) is 19.1 Å². The van der Waals surface area contributed by atoms with Crippen LogP contribution in [0.5, 0.6) is 5.75 Å². The third-order valence-electron chi connectivity index (χ3n) is 2.60. The smallest absolute Gasteiger partial charge is 0.121 e. The summed E-state index contributed by atoms with van der Waals surface area (Å²) in [4.78, 5) is 0. The number of benzene rings is 1. The quantitative estimate of drug-likeness (QED) is 0.591. The van der Waals surface area contributed by atoms with Gasteiger partial charge in [0.25, 0.3) is 0 Å². The summed E-state index contributed by atoms with van der Waals surface area (Å²) in [5, 5.41) is 36.8. The molecule has 0 aliphatic rings. The fourth-order valence-electron chi connectivity index (χ4n) is 1.48. The van der Waals surface area contributed by atoms with Gasteiger partial charge in [-0.3, -0.25) is 0 Å². The Hall–Kier alpha value is -1.10. The lowest BCUT2D eigenvalue weighted by Crippen LogP contribution is -2.22. The zero-order valence-corrected chi connectivity index (χ0v) is 9.30. The van der Waals surface area contributed by atoms with Gasteiger partial charge >= 0.3 is 0 Å². The Balaban J connectivity index is 2.61. The summed E-state index contributed by atoms with van der Waals surface area (Å²) in [7, 11) is 0.